The van der Waals surface area contributed by atoms with Crippen LogP contribution in [0.3, 0.4) is 0 Å². The zero-order valence-corrected chi connectivity index (χ0v) is 10.1. The monoisotopic (exact) mass is 256 g/mol. The number of aliphatic imine (C=N–C) groups is 2. The van der Waals surface area contributed by atoms with Gasteiger partial charge in [-0.15, -0.1) is 6.58 Å². The van der Waals surface area contributed by atoms with Crippen LogP contribution in [0.1, 0.15) is 25.7 Å². The predicted octanol–water partition coefficient (Wildman–Crippen LogP) is 3.70. The van der Waals surface area contributed by atoms with Gasteiger partial charge < -0.3 is 0 Å². The van der Waals surface area contributed by atoms with Crippen molar-refractivity contribution in [2.45, 2.75) is 31.9 Å². The Kier molecular flexibility index (Phi) is 3.17. The molecule has 0 heterocycles. The quantitative estimate of drug-likeness (QED) is 0.416. The summed E-state index contributed by atoms with van der Waals surface area (Å²) in [5.41, 5.74) is 2.30. The minimum absolute atomic E-state index is 0.0881. The Morgan fingerprint density at radius 2 is 2.17 bits per heavy atom. The van der Waals surface area contributed by atoms with Crippen LogP contribution in [0.2, 0.25) is 0 Å². The maximum Gasteiger partial charge on any atom is 0.390 e. The Morgan fingerprint density at radius 1 is 1.44 bits per heavy atom. The summed E-state index contributed by atoms with van der Waals surface area (Å²) in [6, 6.07) is 0. The van der Waals surface area contributed by atoms with Crippen LogP contribution in [0.5, 0.6) is 0 Å². The fourth-order valence-electron chi connectivity index (χ4n) is 2.49. The lowest BCUT2D eigenvalue weighted by Crippen LogP contribution is -2.10. The summed E-state index contributed by atoms with van der Waals surface area (Å²) in [4.78, 5) is 7.70. The Balaban J connectivity index is 2.07. The van der Waals surface area contributed by atoms with Crippen molar-refractivity contribution in [3.8, 4) is 0 Å². The van der Waals surface area contributed by atoms with Crippen molar-refractivity contribution < 1.29 is 13.2 Å². The second-order valence-electron chi connectivity index (χ2n) is 4.72. The summed E-state index contributed by atoms with van der Waals surface area (Å²) in [5.74, 6) is 0.385. The molecule has 2 rings (SSSR count). The molecule has 2 aliphatic rings. The summed E-state index contributed by atoms with van der Waals surface area (Å²) in [5, 5.41) is 0. The van der Waals surface area contributed by atoms with Crippen molar-refractivity contribution in [2.75, 3.05) is 6.54 Å². The van der Waals surface area contributed by atoms with Gasteiger partial charge in [0, 0.05) is 12.0 Å². The number of hydrogen-bond acceptors (Lipinski definition) is 1. The Morgan fingerprint density at radius 3 is 2.61 bits per heavy atom. The number of halogens is 3. The molecule has 98 valence electrons. The highest BCUT2D eigenvalue weighted by Gasteiger charge is 2.52. The van der Waals surface area contributed by atoms with Gasteiger partial charge in [-0.25, -0.2) is 4.99 Å². The zero-order valence-electron chi connectivity index (χ0n) is 10.1. The first-order valence-corrected chi connectivity index (χ1v) is 5.86. The Labute approximate surface area is 104 Å². The molecule has 0 amide bonds. The van der Waals surface area contributed by atoms with Crippen molar-refractivity contribution in [1.29, 1.82) is 0 Å². The van der Waals surface area contributed by atoms with Crippen molar-refractivity contribution in [3.05, 3.63) is 23.8 Å². The molecule has 1 unspecified atom stereocenters. The van der Waals surface area contributed by atoms with E-state index in [0.717, 1.165) is 24.8 Å². The normalized spacial score (nSPS) is 27.2. The van der Waals surface area contributed by atoms with Gasteiger partial charge in [0.2, 0.25) is 0 Å². The second kappa shape index (κ2) is 4.37. The molecular weight excluding hydrogens is 241 g/mol. The molecule has 0 saturated heterocycles. The lowest BCUT2D eigenvalue weighted by molar-refractivity contribution is -0.132. The summed E-state index contributed by atoms with van der Waals surface area (Å²) >= 11 is 0. The van der Waals surface area contributed by atoms with E-state index in [9.17, 15) is 13.2 Å². The molecule has 2 aliphatic carbocycles. The SMILES string of the molecule is C=CC12CCC(C(N=C)=NCCC(F)(F)F)=C1C2. The van der Waals surface area contributed by atoms with E-state index in [1.807, 2.05) is 6.08 Å². The molecule has 0 N–H and O–H groups in total. The van der Waals surface area contributed by atoms with Gasteiger partial charge in [-0.1, -0.05) is 11.6 Å². The van der Waals surface area contributed by atoms with E-state index < -0.39 is 12.6 Å². The van der Waals surface area contributed by atoms with Gasteiger partial charge in [0.05, 0.1) is 6.42 Å². The number of amidine groups is 1. The third kappa shape index (κ3) is 2.40. The molecule has 0 spiro atoms. The first kappa shape index (κ1) is 13.1. The zero-order chi connectivity index (χ0) is 13.4. The van der Waals surface area contributed by atoms with E-state index in [-0.39, 0.29) is 12.0 Å². The van der Waals surface area contributed by atoms with Gasteiger partial charge in [-0.2, -0.15) is 13.2 Å². The number of rotatable bonds is 4. The average Bonchev–Trinajstić information content (AvgIpc) is 2.92. The molecule has 5 heteroatoms. The predicted molar refractivity (Wildman–Crippen MR) is 66.0 cm³/mol. The standard InChI is InChI=1S/C13H15F3N2/c1-3-12-5-4-9(10(12)8-12)11(17-2)18-7-6-13(14,15)16/h3H,1-2,4-8H2. The highest BCUT2D eigenvalue weighted by molar-refractivity contribution is 6.03. The van der Waals surface area contributed by atoms with E-state index in [1.54, 1.807) is 0 Å². The van der Waals surface area contributed by atoms with Gasteiger partial charge in [0.25, 0.3) is 0 Å². The van der Waals surface area contributed by atoms with Crippen molar-refractivity contribution in [2.24, 2.45) is 15.4 Å². The number of alkyl halides is 3. The molecule has 1 saturated carbocycles. The van der Waals surface area contributed by atoms with E-state index in [1.165, 1.54) is 5.57 Å². The summed E-state index contributed by atoms with van der Waals surface area (Å²) in [6.45, 7) is 6.92. The largest absolute Gasteiger partial charge is 0.390 e. The molecule has 0 aromatic carbocycles. The lowest BCUT2D eigenvalue weighted by atomic mass is 10.0. The maximum absolute atomic E-state index is 12.0. The second-order valence-corrected chi connectivity index (χ2v) is 4.72. The minimum atomic E-state index is -4.17. The van der Waals surface area contributed by atoms with Crippen LogP contribution in [-0.4, -0.2) is 25.3 Å². The van der Waals surface area contributed by atoms with Crippen LogP contribution in [-0.2, 0) is 0 Å². The lowest BCUT2D eigenvalue weighted by Gasteiger charge is -2.05. The summed E-state index contributed by atoms with van der Waals surface area (Å²) < 4.78 is 36.1. The molecule has 2 nitrogen and oxygen atoms in total. The van der Waals surface area contributed by atoms with Gasteiger partial charge in [0.1, 0.15) is 5.84 Å². The Hall–Kier alpha value is -1.39. The number of nitrogens with zero attached hydrogens (tertiary/aromatic N) is 2. The smallest absolute Gasteiger partial charge is 0.266 e. The van der Waals surface area contributed by atoms with Crippen molar-refractivity contribution >= 4 is 12.6 Å². The van der Waals surface area contributed by atoms with Crippen LogP contribution in [0.25, 0.3) is 0 Å². The third-order valence-electron chi connectivity index (χ3n) is 3.62. The molecule has 0 bridgehead atoms. The van der Waals surface area contributed by atoms with Gasteiger partial charge in [0.15, 0.2) is 0 Å². The third-order valence-corrected chi connectivity index (χ3v) is 3.62. The maximum atomic E-state index is 12.0. The molecule has 1 atom stereocenters. The van der Waals surface area contributed by atoms with Crippen molar-refractivity contribution in [1.82, 2.24) is 0 Å². The van der Waals surface area contributed by atoms with E-state index in [4.69, 9.17) is 0 Å². The van der Waals surface area contributed by atoms with Gasteiger partial charge in [-0.3, -0.25) is 4.99 Å². The van der Waals surface area contributed by atoms with Crippen LogP contribution in [0.4, 0.5) is 13.2 Å². The van der Waals surface area contributed by atoms with Gasteiger partial charge >= 0.3 is 6.18 Å². The van der Waals surface area contributed by atoms with Crippen LogP contribution >= 0.6 is 0 Å². The average molecular weight is 256 g/mol. The topological polar surface area (TPSA) is 24.7 Å². The molecule has 0 aromatic rings. The van der Waals surface area contributed by atoms with Crippen LogP contribution < -0.4 is 0 Å². The van der Waals surface area contributed by atoms with E-state index in [2.05, 4.69) is 23.3 Å². The number of hydrogen-bond donors (Lipinski definition) is 0. The highest BCUT2D eigenvalue weighted by atomic mass is 19.4. The van der Waals surface area contributed by atoms with Crippen molar-refractivity contribution in [3.63, 3.8) is 0 Å². The van der Waals surface area contributed by atoms with E-state index >= 15 is 0 Å². The Bertz CT molecular complexity index is 446. The first-order valence-electron chi connectivity index (χ1n) is 5.86. The minimum Gasteiger partial charge on any atom is -0.266 e. The van der Waals surface area contributed by atoms with Crippen LogP contribution in [0.15, 0.2) is 33.8 Å². The van der Waals surface area contributed by atoms with Crippen LogP contribution in [0, 0.1) is 5.41 Å². The van der Waals surface area contributed by atoms with Gasteiger partial charge in [-0.05, 0) is 31.6 Å². The number of fused-ring (bicyclic) bond motifs is 1. The summed E-state index contributed by atoms with van der Waals surface area (Å²) in [7, 11) is 0. The fourth-order valence-corrected chi connectivity index (χ4v) is 2.49. The molecule has 18 heavy (non-hydrogen) atoms. The molecule has 0 aromatic heterocycles. The fraction of sp³-hybridized carbons (Fsp3) is 0.538. The molecule has 0 aliphatic heterocycles. The molecule has 0 radical (unpaired) electrons. The molecular formula is C13H15F3N2. The van der Waals surface area contributed by atoms with E-state index in [0.29, 0.717) is 5.84 Å². The number of allylic oxidation sites excluding steroid dienone is 2. The highest BCUT2D eigenvalue weighted by Crippen LogP contribution is 2.63. The first-order chi connectivity index (χ1) is 8.42. The summed E-state index contributed by atoms with van der Waals surface area (Å²) in [6.07, 6.45) is -0.444. The molecule has 1 fully saturated rings.